The summed E-state index contributed by atoms with van der Waals surface area (Å²) < 4.78 is 13.1. The first-order valence-corrected chi connectivity index (χ1v) is 9.07. The number of aromatic nitrogens is 1. The lowest BCUT2D eigenvalue weighted by Crippen LogP contribution is -2.38. The SMILES string of the molecule is O=C(CN1CCCN(C(=O)c2ccncc2)CC1)Nc1ccc(F)cc1Cl. The predicted octanol–water partition coefficient (Wildman–Crippen LogP) is 2.66. The van der Waals surface area contributed by atoms with E-state index in [0.29, 0.717) is 37.4 Å². The number of pyridine rings is 1. The van der Waals surface area contributed by atoms with Gasteiger partial charge in [0.1, 0.15) is 5.82 Å². The van der Waals surface area contributed by atoms with Gasteiger partial charge >= 0.3 is 0 Å². The molecule has 8 heteroatoms. The second kappa shape index (κ2) is 8.92. The number of halogens is 2. The number of carbonyl (C=O) groups is 2. The fraction of sp³-hybridized carbons (Fsp3) is 0.316. The summed E-state index contributed by atoms with van der Waals surface area (Å²) in [6, 6.07) is 7.24. The fourth-order valence-corrected chi connectivity index (χ4v) is 3.21. The van der Waals surface area contributed by atoms with Crippen LogP contribution >= 0.6 is 11.6 Å². The molecule has 0 aliphatic carbocycles. The van der Waals surface area contributed by atoms with Crippen molar-refractivity contribution in [2.75, 3.05) is 38.0 Å². The number of rotatable bonds is 4. The number of hydrogen-bond donors (Lipinski definition) is 1. The van der Waals surface area contributed by atoms with Gasteiger partial charge in [0.2, 0.25) is 5.91 Å². The Morgan fingerprint density at radius 1 is 1.11 bits per heavy atom. The van der Waals surface area contributed by atoms with Gasteiger partial charge in [-0.25, -0.2) is 4.39 Å². The maximum absolute atomic E-state index is 13.1. The minimum atomic E-state index is -0.454. The highest BCUT2D eigenvalue weighted by atomic mass is 35.5. The van der Waals surface area contributed by atoms with Crippen LogP contribution in [0, 0.1) is 5.82 Å². The van der Waals surface area contributed by atoms with Crippen LogP contribution in [0.5, 0.6) is 0 Å². The van der Waals surface area contributed by atoms with Gasteiger partial charge in [0.05, 0.1) is 17.3 Å². The average molecular weight is 391 g/mol. The molecule has 2 amide bonds. The maximum Gasteiger partial charge on any atom is 0.254 e. The van der Waals surface area contributed by atoms with Crippen LogP contribution in [0.4, 0.5) is 10.1 Å². The molecule has 142 valence electrons. The molecule has 0 radical (unpaired) electrons. The topological polar surface area (TPSA) is 65.5 Å². The van der Waals surface area contributed by atoms with Crippen molar-refractivity contribution in [2.24, 2.45) is 0 Å². The zero-order chi connectivity index (χ0) is 19.2. The molecule has 1 aliphatic heterocycles. The van der Waals surface area contributed by atoms with Crippen LogP contribution in [0.1, 0.15) is 16.8 Å². The monoisotopic (exact) mass is 390 g/mol. The number of carbonyl (C=O) groups excluding carboxylic acids is 2. The zero-order valence-corrected chi connectivity index (χ0v) is 15.5. The zero-order valence-electron chi connectivity index (χ0n) is 14.7. The van der Waals surface area contributed by atoms with Crippen molar-refractivity contribution in [3.63, 3.8) is 0 Å². The fourth-order valence-electron chi connectivity index (χ4n) is 2.99. The number of amides is 2. The van der Waals surface area contributed by atoms with Gasteiger partial charge in [-0.3, -0.25) is 19.5 Å². The smallest absolute Gasteiger partial charge is 0.254 e. The van der Waals surface area contributed by atoms with E-state index < -0.39 is 5.82 Å². The van der Waals surface area contributed by atoms with Crippen LogP contribution in [0.15, 0.2) is 42.7 Å². The molecule has 1 aromatic carbocycles. The summed E-state index contributed by atoms with van der Waals surface area (Å²) in [7, 11) is 0. The molecule has 6 nitrogen and oxygen atoms in total. The lowest BCUT2D eigenvalue weighted by molar-refractivity contribution is -0.117. The molecule has 1 N–H and O–H groups in total. The Labute approximate surface area is 161 Å². The molecule has 0 bridgehead atoms. The lowest BCUT2D eigenvalue weighted by Gasteiger charge is -2.22. The number of benzene rings is 1. The number of nitrogens with zero attached hydrogens (tertiary/aromatic N) is 3. The van der Waals surface area contributed by atoms with Gasteiger partial charge in [-0.05, 0) is 36.8 Å². The lowest BCUT2D eigenvalue weighted by atomic mass is 10.2. The standard InChI is InChI=1S/C19H20ClFN4O2/c20-16-12-15(21)2-3-17(16)23-18(26)13-24-8-1-9-25(11-10-24)19(27)14-4-6-22-7-5-14/h2-7,12H,1,8-11,13H2,(H,23,26). The summed E-state index contributed by atoms with van der Waals surface area (Å²) in [6.07, 6.45) is 3.98. The molecular weight excluding hydrogens is 371 g/mol. The second-order valence-electron chi connectivity index (χ2n) is 6.33. The first-order valence-electron chi connectivity index (χ1n) is 8.69. The summed E-state index contributed by atoms with van der Waals surface area (Å²) in [4.78, 5) is 32.5. The van der Waals surface area contributed by atoms with Crippen molar-refractivity contribution < 1.29 is 14.0 Å². The molecular formula is C19H20ClFN4O2. The molecule has 2 aromatic rings. The van der Waals surface area contributed by atoms with Gasteiger partial charge in [0, 0.05) is 44.1 Å². The molecule has 0 spiro atoms. The molecule has 1 fully saturated rings. The summed E-state index contributed by atoms with van der Waals surface area (Å²) in [5.41, 5.74) is 0.995. The van der Waals surface area contributed by atoms with E-state index in [2.05, 4.69) is 10.3 Å². The van der Waals surface area contributed by atoms with Gasteiger partial charge < -0.3 is 10.2 Å². The van der Waals surface area contributed by atoms with Crippen LogP contribution in [-0.2, 0) is 4.79 Å². The van der Waals surface area contributed by atoms with Crippen molar-refractivity contribution in [3.05, 3.63) is 59.1 Å². The third kappa shape index (κ3) is 5.24. The Morgan fingerprint density at radius 3 is 2.63 bits per heavy atom. The van der Waals surface area contributed by atoms with E-state index in [-0.39, 0.29) is 23.4 Å². The second-order valence-corrected chi connectivity index (χ2v) is 6.74. The highest BCUT2D eigenvalue weighted by molar-refractivity contribution is 6.33. The number of anilines is 1. The Hall–Kier alpha value is -2.51. The minimum absolute atomic E-state index is 0.0261. The summed E-state index contributed by atoms with van der Waals surface area (Å²) in [5, 5.41) is 2.86. The largest absolute Gasteiger partial charge is 0.337 e. The van der Waals surface area contributed by atoms with E-state index in [9.17, 15) is 14.0 Å². The van der Waals surface area contributed by atoms with Crippen molar-refractivity contribution in [3.8, 4) is 0 Å². The summed E-state index contributed by atoms with van der Waals surface area (Å²) in [6.45, 7) is 2.69. The van der Waals surface area contributed by atoms with Gasteiger partial charge in [0.25, 0.3) is 5.91 Å². The Balaban J connectivity index is 1.53. The van der Waals surface area contributed by atoms with E-state index in [4.69, 9.17) is 11.6 Å². The van der Waals surface area contributed by atoms with Crippen molar-refractivity contribution in [1.29, 1.82) is 0 Å². The van der Waals surface area contributed by atoms with Gasteiger partial charge in [-0.2, -0.15) is 0 Å². The van der Waals surface area contributed by atoms with E-state index in [1.54, 1.807) is 29.4 Å². The molecule has 1 saturated heterocycles. The summed E-state index contributed by atoms with van der Waals surface area (Å²) in [5.74, 6) is -0.705. The van der Waals surface area contributed by atoms with Gasteiger partial charge in [-0.1, -0.05) is 11.6 Å². The van der Waals surface area contributed by atoms with Crippen LogP contribution in [0.2, 0.25) is 5.02 Å². The average Bonchev–Trinajstić information content (AvgIpc) is 2.90. The third-order valence-corrected chi connectivity index (χ3v) is 4.69. The Morgan fingerprint density at radius 2 is 1.89 bits per heavy atom. The van der Waals surface area contributed by atoms with Crippen LogP contribution in [0.3, 0.4) is 0 Å². The molecule has 0 unspecified atom stereocenters. The Bertz CT molecular complexity index is 819. The number of hydrogen-bond acceptors (Lipinski definition) is 4. The molecule has 27 heavy (non-hydrogen) atoms. The van der Waals surface area contributed by atoms with Crippen LogP contribution < -0.4 is 5.32 Å². The highest BCUT2D eigenvalue weighted by Crippen LogP contribution is 2.22. The van der Waals surface area contributed by atoms with E-state index in [0.717, 1.165) is 12.5 Å². The van der Waals surface area contributed by atoms with Crippen molar-refractivity contribution in [1.82, 2.24) is 14.8 Å². The molecule has 1 aliphatic rings. The number of nitrogens with one attached hydrogen (secondary N) is 1. The first kappa shape index (κ1) is 19.3. The first-order chi connectivity index (χ1) is 13.0. The molecule has 2 heterocycles. The normalized spacial score (nSPS) is 15.3. The quantitative estimate of drug-likeness (QED) is 0.871. The van der Waals surface area contributed by atoms with Gasteiger partial charge in [0.15, 0.2) is 0 Å². The van der Waals surface area contributed by atoms with E-state index in [1.807, 2.05) is 4.90 Å². The summed E-state index contributed by atoms with van der Waals surface area (Å²) >= 11 is 5.94. The molecule has 0 saturated carbocycles. The highest BCUT2D eigenvalue weighted by Gasteiger charge is 2.21. The van der Waals surface area contributed by atoms with Gasteiger partial charge in [-0.15, -0.1) is 0 Å². The van der Waals surface area contributed by atoms with E-state index >= 15 is 0 Å². The van der Waals surface area contributed by atoms with E-state index in [1.165, 1.54) is 12.1 Å². The third-order valence-electron chi connectivity index (χ3n) is 4.38. The van der Waals surface area contributed by atoms with Crippen LogP contribution in [0.25, 0.3) is 0 Å². The predicted molar refractivity (Wildman–Crippen MR) is 101 cm³/mol. The minimum Gasteiger partial charge on any atom is -0.337 e. The maximum atomic E-state index is 13.1. The van der Waals surface area contributed by atoms with Crippen molar-refractivity contribution in [2.45, 2.75) is 6.42 Å². The van der Waals surface area contributed by atoms with Crippen LogP contribution in [-0.4, -0.2) is 59.3 Å². The molecule has 1 aromatic heterocycles. The molecule has 3 rings (SSSR count). The van der Waals surface area contributed by atoms with Crippen molar-refractivity contribution >= 4 is 29.1 Å². The Kier molecular flexibility index (Phi) is 6.36. The molecule has 0 atom stereocenters.